The molecule has 0 amide bonds. The Balaban J connectivity index is 3.35. The molecule has 0 aliphatic carbocycles. The first-order chi connectivity index (χ1) is 3.18. The van der Waals surface area contributed by atoms with Gasteiger partial charge in [0.1, 0.15) is 0 Å². The molecule has 2 nitrogen and oxygen atoms in total. The first-order valence-corrected chi connectivity index (χ1v) is 2.22. The first kappa shape index (κ1) is 6.66. The smallest absolute Gasteiger partial charge is 0.173 e. The molecule has 0 heterocycles. The largest absolute Gasteiger partial charge is 0.365 e. The predicted molar refractivity (Wildman–Crippen MR) is 27.7 cm³/mol. The molecule has 0 unspecified atom stereocenters. The van der Waals surface area contributed by atoms with E-state index < -0.39 is 6.29 Å². The third kappa shape index (κ3) is 2.37. The van der Waals surface area contributed by atoms with Crippen LogP contribution in [-0.2, 0) is 0 Å². The second kappa shape index (κ2) is 2.77. The Kier molecular flexibility index (Phi) is 2.64. The van der Waals surface area contributed by atoms with Crippen LogP contribution in [0.4, 0.5) is 0 Å². The summed E-state index contributed by atoms with van der Waals surface area (Å²) in [4.78, 5) is 0. The van der Waals surface area contributed by atoms with Gasteiger partial charge in [-0.15, -0.1) is 0 Å². The summed E-state index contributed by atoms with van der Waals surface area (Å²) in [7, 11) is 0. The molecule has 0 saturated carbocycles. The van der Waals surface area contributed by atoms with Crippen molar-refractivity contribution < 1.29 is 10.2 Å². The second-order valence-corrected chi connectivity index (χ2v) is 1.39. The van der Waals surface area contributed by atoms with Crippen LogP contribution in [0.15, 0.2) is 12.2 Å². The van der Waals surface area contributed by atoms with Gasteiger partial charge < -0.3 is 10.2 Å². The van der Waals surface area contributed by atoms with Crippen LogP contribution in [0.3, 0.4) is 0 Å². The van der Waals surface area contributed by atoms with Gasteiger partial charge >= 0.3 is 0 Å². The third-order valence-electron chi connectivity index (χ3n) is 0.819. The lowest BCUT2D eigenvalue weighted by atomic mass is 10.2. The highest BCUT2D eigenvalue weighted by molar-refractivity contribution is 4.94. The van der Waals surface area contributed by atoms with E-state index in [1.807, 2.05) is 6.92 Å². The Morgan fingerprint density at radius 3 is 2.14 bits per heavy atom. The molecule has 0 atom stereocenters. The fraction of sp³-hybridized carbons (Fsp3) is 0.600. The summed E-state index contributed by atoms with van der Waals surface area (Å²) < 4.78 is 0. The monoisotopic (exact) mass is 102 g/mol. The van der Waals surface area contributed by atoms with Crippen LogP contribution in [-0.4, -0.2) is 16.5 Å². The standard InChI is InChI=1S/C5H10O2/c1-3-4(2)5(6)7/h5-7H,2-3H2,1H3. The van der Waals surface area contributed by atoms with Gasteiger partial charge in [0, 0.05) is 0 Å². The molecule has 0 saturated heterocycles. The molecule has 42 valence electrons. The molecule has 0 aliphatic rings. The number of aliphatic hydroxyl groups excluding tert-OH is 1. The van der Waals surface area contributed by atoms with E-state index in [1.165, 1.54) is 0 Å². The quantitative estimate of drug-likeness (QED) is 0.388. The second-order valence-electron chi connectivity index (χ2n) is 1.39. The average Bonchev–Trinajstić information content (AvgIpc) is 1.65. The van der Waals surface area contributed by atoms with E-state index in [0.717, 1.165) is 0 Å². The molecule has 0 spiro atoms. The van der Waals surface area contributed by atoms with E-state index >= 15 is 0 Å². The van der Waals surface area contributed by atoms with Crippen molar-refractivity contribution in [3.05, 3.63) is 12.2 Å². The molecule has 0 aromatic carbocycles. The van der Waals surface area contributed by atoms with E-state index in [4.69, 9.17) is 10.2 Å². The third-order valence-corrected chi connectivity index (χ3v) is 0.819. The van der Waals surface area contributed by atoms with E-state index in [0.29, 0.717) is 12.0 Å². The Hall–Kier alpha value is -0.340. The highest BCUT2D eigenvalue weighted by atomic mass is 16.5. The Bertz CT molecular complexity index is 66.5. The van der Waals surface area contributed by atoms with Crippen LogP contribution in [0.1, 0.15) is 13.3 Å². The first-order valence-electron chi connectivity index (χ1n) is 2.22. The molecule has 2 heteroatoms. The van der Waals surface area contributed by atoms with Crippen LogP contribution in [0.5, 0.6) is 0 Å². The zero-order chi connectivity index (χ0) is 5.86. The van der Waals surface area contributed by atoms with E-state index in [-0.39, 0.29) is 0 Å². The van der Waals surface area contributed by atoms with E-state index in [2.05, 4.69) is 6.58 Å². The van der Waals surface area contributed by atoms with Crippen molar-refractivity contribution in [3.63, 3.8) is 0 Å². The summed E-state index contributed by atoms with van der Waals surface area (Å²) in [6.45, 7) is 5.19. The van der Waals surface area contributed by atoms with Crippen molar-refractivity contribution >= 4 is 0 Å². The highest BCUT2D eigenvalue weighted by Crippen LogP contribution is 1.98. The van der Waals surface area contributed by atoms with Gasteiger partial charge in [-0.3, -0.25) is 0 Å². The zero-order valence-corrected chi connectivity index (χ0v) is 4.39. The van der Waals surface area contributed by atoms with Crippen molar-refractivity contribution in [2.75, 3.05) is 0 Å². The Morgan fingerprint density at radius 1 is 1.71 bits per heavy atom. The fourth-order valence-corrected chi connectivity index (χ4v) is 0.183. The van der Waals surface area contributed by atoms with Crippen LogP contribution in [0.2, 0.25) is 0 Å². The van der Waals surface area contributed by atoms with Crippen LogP contribution in [0.25, 0.3) is 0 Å². The summed E-state index contributed by atoms with van der Waals surface area (Å²) in [5.41, 5.74) is 0.458. The van der Waals surface area contributed by atoms with Gasteiger partial charge in [0.05, 0.1) is 0 Å². The summed E-state index contributed by atoms with van der Waals surface area (Å²) in [6, 6.07) is 0. The number of hydrogen-bond acceptors (Lipinski definition) is 2. The maximum Gasteiger partial charge on any atom is 0.173 e. The van der Waals surface area contributed by atoms with Crippen LogP contribution in [0, 0.1) is 0 Å². The van der Waals surface area contributed by atoms with Crippen molar-refractivity contribution in [3.8, 4) is 0 Å². The number of rotatable bonds is 2. The summed E-state index contributed by atoms with van der Waals surface area (Å²) >= 11 is 0. The minimum Gasteiger partial charge on any atom is -0.365 e. The highest BCUT2D eigenvalue weighted by Gasteiger charge is 1.97. The van der Waals surface area contributed by atoms with Gasteiger partial charge in [0.15, 0.2) is 6.29 Å². The van der Waals surface area contributed by atoms with Gasteiger partial charge in [-0.25, -0.2) is 0 Å². The molecule has 0 aliphatic heterocycles. The fourth-order valence-electron chi connectivity index (χ4n) is 0.183. The van der Waals surface area contributed by atoms with Gasteiger partial charge in [-0.05, 0) is 12.0 Å². The molecular weight excluding hydrogens is 92.1 g/mol. The summed E-state index contributed by atoms with van der Waals surface area (Å²) in [5.74, 6) is 0. The molecule has 0 bridgehead atoms. The Labute approximate surface area is 43.1 Å². The average molecular weight is 102 g/mol. The zero-order valence-electron chi connectivity index (χ0n) is 4.39. The molecule has 0 aromatic rings. The lowest BCUT2D eigenvalue weighted by Crippen LogP contribution is -2.05. The van der Waals surface area contributed by atoms with Crippen molar-refractivity contribution in [1.82, 2.24) is 0 Å². The van der Waals surface area contributed by atoms with Gasteiger partial charge in [-0.1, -0.05) is 13.5 Å². The number of hydrogen-bond donors (Lipinski definition) is 2. The molecule has 2 N–H and O–H groups in total. The number of aliphatic hydroxyl groups is 2. The van der Waals surface area contributed by atoms with E-state index in [1.54, 1.807) is 0 Å². The van der Waals surface area contributed by atoms with Gasteiger partial charge in [0.2, 0.25) is 0 Å². The van der Waals surface area contributed by atoms with Crippen molar-refractivity contribution in [1.29, 1.82) is 0 Å². The minimum absolute atomic E-state index is 0.458. The maximum absolute atomic E-state index is 8.28. The van der Waals surface area contributed by atoms with E-state index in [9.17, 15) is 0 Å². The van der Waals surface area contributed by atoms with Gasteiger partial charge in [-0.2, -0.15) is 0 Å². The lowest BCUT2D eigenvalue weighted by molar-refractivity contribution is -0.00935. The van der Waals surface area contributed by atoms with Gasteiger partial charge in [0.25, 0.3) is 0 Å². The molecule has 0 fully saturated rings. The summed E-state index contributed by atoms with van der Waals surface area (Å²) in [6.07, 6.45) is -0.706. The SMILES string of the molecule is C=C(CC)C(O)O. The summed E-state index contributed by atoms with van der Waals surface area (Å²) in [5, 5.41) is 16.6. The van der Waals surface area contributed by atoms with Crippen LogP contribution < -0.4 is 0 Å². The maximum atomic E-state index is 8.28. The molecule has 7 heavy (non-hydrogen) atoms. The lowest BCUT2D eigenvalue weighted by Gasteiger charge is -2.01. The van der Waals surface area contributed by atoms with Crippen molar-refractivity contribution in [2.24, 2.45) is 0 Å². The molecule has 0 aromatic heterocycles. The normalized spacial score (nSPS) is 9.71. The topological polar surface area (TPSA) is 40.5 Å². The molecule has 0 radical (unpaired) electrons. The van der Waals surface area contributed by atoms with Crippen LogP contribution >= 0.6 is 0 Å². The van der Waals surface area contributed by atoms with Crippen molar-refractivity contribution in [2.45, 2.75) is 19.6 Å². The minimum atomic E-state index is -1.33. The predicted octanol–water partition coefficient (Wildman–Crippen LogP) is 0.263. The molecular formula is C5H10O2. The Morgan fingerprint density at radius 2 is 2.14 bits per heavy atom. The molecule has 0 rings (SSSR count).